The average molecular weight is 340 g/mol. The minimum atomic E-state index is -0.110. The molecule has 2 aromatic heterocycles. The molecule has 7 heteroatoms. The maximum Gasteiger partial charge on any atom is 0.243 e. The summed E-state index contributed by atoms with van der Waals surface area (Å²) in [6.07, 6.45) is 1.62. The number of rotatable bonds is 3. The highest BCUT2D eigenvalue weighted by Crippen LogP contribution is 2.25. The SMILES string of the molecule is C[C@H](c1nc(C(C)(C)C)no1)N1CCN(c2ccc(C#N)cn2)CC1. The fourth-order valence-corrected chi connectivity index (χ4v) is 2.84. The van der Waals surface area contributed by atoms with Gasteiger partial charge in [0.2, 0.25) is 5.89 Å². The third kappa shape index (κ3) is 3.80. The number of hydrogen-bond acceptors (Lipinski definition) is 7. The Morgan fingerprint density at radius 3 is 2.44 bits per heavy atom. The van der Waals surface area contributed by atoms with Crippen LogP contribution in [-0.2, 0) is 5.41 Å². The highest BCUT2D eigenvalue weighted by Gasteiger charge is 2.28. The Labute approximate surface area is 148 Å². The summed E-state index contributed by atoms with van der Waals surface area (Å²) >= 11 is 0. The van der Waals surface area contributed by atoms with Crippen LogP contribution in [0.2, 0.25) is 0 Å². The van der Waals surface area contributed by atoms with E-state index in [2.05, 4.69) is 58.7 Å². The lowest BCUT2D eigenvalue weighted by Gasteiger charge is -2.37. The molecular weight excluding hydrogens is 316 g/mol. The lowest BCUT2D eigenvalue weighted by Crippen LogP contribution is -2.47. The van der Waals surface area contributed by atoms with Gasteiger partial charge in [-0.15, -0.1) is 0 Å². The zero-order valence-corrected chi connectivity index (χ0v) is 15.2. The minimum Gasteiger partial charge on any atom is -0.354 e. The van der Waals surface area contributed by atoms with Crippen molar-refractivity contribution < 1.29 is 4.52 Å². The zero-order valence-electron chi connectivity index (χ0n) is 15.2. The number of aromatic nitrogens is 3. The van der Waals surface area contributed by atoms with Crippen molar-refractivity contribution in [2.75, 3.05) is 31.1 Å². The topological polar surface area (TPSA) is 82.1 Å². The van der Waals surface area contributed by atoms with Gasteiger partial charge in [0.05, 0.1) is 11.6 Å². The van der Waals surface area contributed by atoms with Crippen molar-refractivity contribution in [3.63, 3.8) is 0 Å². The van der Waals surface area contributed by atoms with E-state index < -0.39 is 0 Å². The second kappa shape index (κ2) is 6.81. The van der Waals surface area contributed by atoms with Gasteiger partial charge >= 0.3 is 0 Å². The zero-order chi connectivity index (χ0) is 18.0. The maximum absolute atomic E-state index is 8.86. The molecule has 0 saturated carbocycles. The molecule has 7 nitrogen and oxygen atoms in total. The molecule has 0 N–H and O–H groups in total. The van der Waals surface area contributed by atoms with E-state index in [1.165, 1.54) is 0 Å². The predicted octanol–water partition coefficient (Wildman–Crippen LogP) is 2.52. The van der Waals surface area contributed by atoms with Crippen LogP contribution in [0.15, 0.2) is 22.9 Å². The second-order valence-electron chi connectivity index (χ2n) is 7.42. The smallest absolute Gasteiger partial charge is 0.243 e. The molecule has 3 rings (SSSR count). The molecule has 3 heterocycles. The third-order valence-corrected chi connectivity index (χ3v) is 4.53. The number of nitrogens with zero attached hydrogens (tertiary/aromatic N) is 6. The van der Waals surface area contributed by atoms with E-state index in [1.54, 1.807) is 6.20 Å². The third-order valence-electron chi connectivity index (χ3n) is 4.53. The van der Waals surface area contributed by atoms with Crippen LogP contribution in [0.25, 0.3) is 0 Å². The molecule has 1 aliphatic heterocycles. The quantitative estimate of drug-likeness (QED) is 0.849. The van der Waals surface area contributed by atoms with E-state index in [1.807, 2.05) is 12.1 Å². The summed E-state index contributed by atoms with van der Waals surface area (Å²) in [5.41, 5.74) is 0.476. The Hall–Kier alpha value is -2.46. The van der Waals surface area contributed by atoms with Crippen molar-refractivity contribution in [2.24, 2.45) is 0 Å². The standard InChI is InChI=1S/C18H24N6O/c1-13(16-21-17(22-25-16)18(2,3)4)23-7-9-24(10-8-23)15-6-5-14(11-19)12-20-15/h5-6,12-13H,7-10H2,1-4H3/t13-/m1/s1. The van der Waals surface area contributed by atoms with E-state index in [0.717, 1.165) is 37.8 Å². The lowest BCUT2D eigenvalue weighted by atomic mass is 9.96. The Morgan fingerprint density at radius 1 is 1.20 bits per heavy atom. The van der Waals surface area contributed by atoms with Crippen LogP contribution in [0.1, 0.15) is 51.0 Å². The number of anilines is 1. The second-order valence-corrected chi connectivity index (χ2v) is 7.42. The largest absolute Gasteiger partial charge is 0.354 e. The van der Waals surface area contributed by atoms with Gasteiger partial charge in [-0.3, -0.25) is 4.90 Å². The molecule has 0 radical (unpaired) electrons. The molecule has 1 saturated heterocycles. The molecule has 0 unspecified atom stereocenters. The molecule has 0 aliphatic carbocycles. The summed E-state index contributed by atoms with van der Waals surface area (Å²) in [7, 11) is 0. The molecule has 2 aromatic rings. The summed E-state index contributed by atoms with van der Waals surface area (Å²) in [6, 6.07) is 5.91. The van der Waals surface area contributed by atoms with Crippen molar-refractivity contribution in [3.05, 3.63) is 35.6 Å². The van der Waals surface area contributed by atoms with Crippen LogP contribution >= 0.6 is 0 Å². The van der Waals surface area contributed by atoms with Crippen LogP contribution in [0.3, 0.4) is 0 Å². The van der Waals surface area contributed by atoms with Gasteiger partial charge in [-0.2, -0.15) is 10.2 Å². The first-order valence-corrected chi connectivity index (χ1v) is 8.58. The first-order valence-electron chi connectivity index (χ1n) is 8.58. The molecule has 1 fully saturated rings. The normalized spacial score (nSPS) is 17.3. The Balaban J connectivity index is 1.61. The highest BCUT2D eigenvalue weighted by atomic mass is 16.5. The molecular formula is C18H24N6O. The van der Waals surface area contributed by atoms with Gasteiger partial charge in [0.15, 0.2) is 5.82 Å². The molecule has 0 bridgehead atoms. The van der Waals surface area contributed by atoms with Crippen molar-refractivity contribution in [3.8, 4) is 6.07 Å². The van der Waals surface area contributed by atoms with Gasteiger partial charge < -0.3 is 9.42 Å². The highest BCUT2D eigenvalue weighted by molar-refractivity contribution is 5.42. The first kappa shape index (κ1) is 17.4. The van der Waals surface area contributed by atoms with E-state index in [9.17, 15) is 0 Å². The van der Waals surface area contributed by atoms with E-state index in [0.29, 0.717) is 11.5 Å². The Morgan fingerprint density at radius 2 is 1.92 bits per heavy atom. The van der Waals surface area contributed by atoms with Crippen LogP contribution < -0.4 is 4.90 Å². The summed E-state index contributed by atoms with van der Waals surface area (Å²) in [6.45, 7) is 11.9. The van der Waals surface area contributed by atoms with Gasteiger partial charge in [-0.05, 0) is 19.1 Å². The van der Waals surface area contributed by atoms with Crippen LogP contribution in [0, 0.1) is 11.3 Å². The van der Waals surface area contributed by atoms with Crippen LogP contribution in [0.5, 0.6) is 0 Å². The fourth-order valence-electron chi connectivity index (χ4n) is 2.84. The number of nitriles is 1. The monoisotopic (exact) mass is 340 g/mol. The van der Waals surface area contributed by atoms with Crippen molar-refractivity contribution in [1.29, 1.82) is 5.26 Å². The average Bonchev–Trinajstić information content (AvgIpc) is 3.12. The minimum absolute atomic E-state index is 0.0969. The lowest BCUT2D eigenvalue weighted by molar-refractivity contribution is 0.164. The molecule has 0 aromatic carbocycles. The molecule has 0 spiro atoms. The van der Waals surface area contributed by atoms with E-state index in [4.69, 9.17) is 9.78 Å². The molecule has 1 atom stereocenters. The van der Waals surface area contributed by atoms with Crippen LogP contribution in [0.4, 0.5) is 5.82 Å². The van der Waals surface area contributed by atoms with Crippen molar-refractivity contribution in [1.82, 2.24) is 20.0 Å². The predicted molar refractivity (Wildman–Crippen MR) is 94.2 cm³/mol. The Kier molecular flexibility index (Phi) is 4.73. The summed E-state index contributed by atoms with van der Waals surface area (Å²) in [5.74, 6) is 2.34. The van der Waals surface area contributed by atoms with Crippen molar-refractivity contribution >= 4 is 5.82 Å². The summed E-state index contributed by atoms with van der Waals surface area (Å²) < 4.78 is 5.48. The maximum atomic E-state index is 8.86. The van der Waals surface area contributed by atoms with Gasteiger partial charge in [0.25, 0.3) is 0 Å². The molecule has 132 valence electrons. The summed E-state index contributed by atoms with van der Waals surface area (Å²) in [5, 5.41) is 13.0. The number of pyridine rings is 1. The Bertz CT molecular complexity index is 747. The summed E-state index contributed by atoms with van der Waals surface area (Å²) in [4.78, 5) is 13.5. The molecule has 0 amide bonds. The molecule has 1 aliphatic rings. The van der Waals surface area contributed by atoms with Gasteiger partial charge in [0.1, 0.15) is 11.9 Å². The number of piperazine rings is 1. The first-order chi connectivity index (χ1) is 11.9. The van der Waals surface area contributed by atoms with Gasteiger partial charge in [-0.1, -0.05) is 25.9 Å². The number of hydrogen-bond donors (Lipinski definition) is 0. The van der Waals surface area contributed by atoms with E-state index >= 15 is 0 Å². The van der Waals surface area contributed by atoms with E-state index in [-0.39, 0.29) is 11.5 Å². The van der Waals surface area contributed by atoms with Crippen LogP contribution in [-0.4, -0.2) is 46.2 Å². The molecule has 25 heavy (non-hydrogen) atoms. The van der Waals surface area contributed by atoms with Gasteiger partial charge in [0, 0.05) is 37.8 Å². The van der Waals surface area contributed by atoms with Crippen molar-refractivity contribution in [2.45, 2.75) is 39.2 Å². The van der Waals surface area contributed by atoms with Gasteiger partial charge in [-0.25, -0.2) is 4.98 Å². The fraction of sp³-hybridized carbons (Fsp3) is 0.556.